The maximum atomic E-state index is 4.97. The summed E-state index contributed by atoms with van der Waals surface area (Å²) in [6.45, 7) is 6.86. The number of methoxy groups -OCH3 is 1. The highest BCUT2D eigenvalue weighted by Crippen LogP contribution is 2.19. The van der Waals surface area contributed by atoms with Crippen molar-refractivity contribution in [1.29, 1.82) is 0 Å². The topological polar surface area (TPSA) is 34.2 Å². The Morgan fingerprint density at radius 1 is 1.33 bits per heavy atom. The summed E-state index contributed by atoms with van der Waals surface area (Å²) in [4.78, 5) is 6.04. The molecule has 15 heavy (non-hydrogen) atoms. The van der Waals surface area contributed by atoms with E-state index in [4.69, 9.17) is 4.74 Å². The second-order valence-electron chi connectivity index (χ2n) is 3.35. The zero-order chi connectivity index (χ0) is 11.1. The molecule has 0 amide bonds. The van der Waals surface area contributed by atoms with Crippen molar-refractivity contribution >= 4 is 11.3 Å². The van der Waals surface area contributed by atoms with Gasteiger partial charge in [0.25, 0.3) is 0 Å². The van der Waals surface area contributed by atoms with Gasteiger partial charge in [-0.2, -0.15) is 0 Å². The average molecular weight is 228 g/mol. The van der Waals surface area contributed by atoms with Gasteiger partial charge in [0.1, 0.15) is 5.01 Å². The Bertz CT molecular complexity index is 265. The first-order valence-electron chi connectivity index (χ1n) is 5.48. The van der Waals surface area contributed by atoms with Gasteiger partial charge in [-0.05, 0) is 12.8 Å². The monoisotopic (exact) mass is 228 g/mol. The van der Waals surface area contributed by atoms with Gasteiger partial charge in [0, 0.05) is 25.1 Å². The van der Waals surface area contributed by atoms with Crippen molar-refractivity contribution in [3.63, 3.8) is 0 Å². The van der Waals surface area contributed by atoms with E-state index in [1.165, 1.54) is 15.6 Å². The minimum absolute atomic E-state index is 0.757. The molecule has 0 saturated heterocycles. The molecule has 1 rings (SSSR count). The van der Waals surface area contributed by atoms with Crippen LogP contribution in [-0.2, 0) is 24.1 Å². The van der Waals surface area contributed by atoms with E-state index >= 15 is 0 Å². The second-order valence-corrected chi connectivity index (χ2v) is 4.52. The van der Waals surface area contributed by atoms with Crippen molar-refractivity contribution in [1.82, 2.24) is 10.3 Å². The van der Waals surface area contributed by atoms with E-state index in [1.54, 1.807) is 7.11 Å². The zero-order valence-electron chi connectivity index (χ0n) is 9.80. The van der Waals surface area contributed by atoms with Crippen LogP contribution in [0.25, 0.3) is 0 Å². The first kappa shape index (κ1) is 12.6. The average Bonchev–Trinajstić information content (AvgIpc) is 2.67. The van der Waals surface area contributed by atoms with Crippen molar-refractivity contribution < 1.29 is 4.74 Å². The summed E-state index contributed by atoms with van der Waals surface area (Å²) in [5, 5.41) is 4.51. The summed E-state index contributed by atoms with van der Waals surface area (Å²) in [5.74, 6) is 0. The quantitative estimate of drug-likeness (QED) is 0.725. The van der Waals surface area contributed by atoms with Crippen molar-refractivity contribution in [3.05, 3.63) is 15.6 Å². The highest BCUT2D eigenvalue weighted by molar-refractivity contribution is 7.11. The molecule has 3 nitrogen and oxygen atoms in total. The van der Waals surface area contributed by atoms with Gasteiger partial charge in [0.05, 0.1) is 12.3 Å². The number of nitrogens with zero attached hydrogens (tertiary/aromatic N) is 1. The molecule has 4 heteroatoms. The van der Waals surface area contributed by atoms with Crippen LogP contribution in [0.1, 0.15) is 29.4 Å². The maximum absolute atomic E-state index is 4.97. The first-order chi connectivity index (χ1) is 7.31. The lowest BCUT2D eigenvalue weighted by atomic mass is 10.2. The first-order valence-corrected chi connectivity index (χ1v) is 6.30. The van der Waals surface area contributed by atoms with Gasteiger partial charge in [-0.15, -0.1) is 11.3 Å². The predicted molar refractivity (Wildman–Crippen MR) is 64.5 cm³/mol. The molecule has 0 fully saturated rings. The molecule has 0 bridgehead atoms. The Balaban J connectivity index is 2.43. The molecule has 0 aliphatic carbocycles. The third-order valence-corrected chi connectivity index (χ3v) is 3.48. The molecule has 0 spiro atoms. The lowest BCUT2D eigenvalue weighted by molar-refractivity contribution is 0.199. The fourth-order valence-electron chi connectivity index (χ4n) is 1.43. The molecular formula is C11H20N2OS. The summed E-state index contributed by atoms with van der Waals surface area (Å²) < 4.78 is 4.97. The van der Waals surface area contributed by atoms with E-state index in [0.29, 0.717) is 0 Å². The Morgan fingerprint density at radius 3 is 2.67 bits per heavy atom. The number of aromatic nitrogens is 1. The number of ether oxygens (including phenoxy) is 1. The molecular weight excluding hydrogens is 208 g/mol. The lowest BCUT2D eigenvalue weighted by Crippen LogP contribution is -2.18. The number of thiazole rings is 1. The summed E-state index contributed by atoms with van der Waals surface area (Å²) in [7, 11) is 1.72. The van der Waals surface area contributed by atoms with E-state index in [1.807, 2.05) is 11.3 Å². The number of nitrogens with one attached hydrogen (secondary N) is 1. The van der Waals surface area contributed by atoms with Crippen molar-refractivity contribution in [2.45, 2.75) is 33.2 Å². The van der Waals surface area contributed by atoms with Gasteiger partial charge in [0.2, 0.25) is 0 Å². The van der Waals surface area contributed by atoms with Crippen LogP contribution in [0.5, 0.6) is 0 Å². The fraction of sp³-hybridized carbons (Fsp3) is 0.727. The molecule has 86 valence electrons. The van der Waals surface area contributed by atoms with Gasteiger partial charge in [0.15, 0.2) is 0 Å². The smallest absolute Gasteiger partial charge is 0.107 e. The fourth-order valence-corrected chi connectivity index (χ4v) is 2.50. The number of hydrogen-bond acceptors (Lipinski definition) is 4. The molecule has 0 aliphatic heterocycles. The van der Waals surface area contributed by atoms with Gasteiger partial charge in [-0.1, -0.05) is 13.8 Å². The van der Waals surface area contributed by atoms with Crippen LogP contribution in [-0.4, -0.2) is 25.2 Å². The van der Waals surface area contributed by atoms with Crippen LogP contribution in [0.4, 0.5) is 0 Å². The Morgan fingerprint density at radius 2 is 2.13 bits per heavy atom. The predicted octanol–water partition coefficient (Wildman–Crippen LogP) is 2.00. The molecule has 1 N–H and O–H groups in total. The molecule has 1 aromatic heterocycles. The van der Waals surface area contributed by atoms with E-state index in [0.717, 1.165) is 32.5 Å². The molecule has 0 saturated carbocycles. The highest BCUT2D eigenvalue weighted by atomic mass is 32.1. The van der Waals surface area contributed by atoms with Gasteiger partial charge < -0.3 is 10.1 Å². The largest absolute Gasteiger partial charge is 0.383 e. The normalized spacial score (nSPS) is 10.9. The van der Waals surface area contributed by atoms with Gasteiger partial charge >= 0.3 is 0 Å². The molecule has 0 aliphatic rings. The SMILES string of the molecule is CCc1nc(CNCCOC)sc1CC. The van der Waals surface area contributed by atoms with Crippen LogP contribution in [0.15, 0.2) is 0 Å². The third kappa shape index (κ3) is 3.89. The number of hydrogen-bond donors (Lipinski definition) is 1. The van der Waals surface area contributed by atoms with Crippen molar-refractivity contribution in [3.8, 4) is 0 Å². The molecule has 0 aromatic carbocycles. The standard InChI is InChI=1S/C11H20N2OS/c1-4-9-10(5-2)15-11(13-9)8-12-6-7-14-3/h12H,4-8H2,1-3H3. The lowest BCUT2D eigenvalue weighted by Gasteiger charge is -1.99. The molecule has 0 radical (unpaired) electrons. The van der Waals surface area contributed by atoms with E-state index in [-0.39, 0.29) is 0 Å². The summed E-state index contributed by atoms with van der Waals surface area (Å²) >= 11 is 1.83. The van der Waals surface area contributed by atoms with Crippen LogP contribution >= 0.6 is 11.3 Å². The minimum Gasteiger partial charge on any atom is -0.383 e. The number of aryl methyl sites for hydroxylation is 2. The Hall–Kier alpha value is -0.450. The molecule has 1 heterocycles. The van der Waals surface area contributed by atoms with Crippen LogP contribution < -0.4 is 5.32 Å². The Kier molecular flexibility index (Phi) is 5.83. The highest BCUT2D eigenvalue weighted by Gasteiger charge is 2.07. The van der Waals surface area contributed by atoms with E-state index in [2.05, 4.69) is 24.1 Å². The Labute approximate surface area is 95.9 Å². The summed E-state index contributed by atoms with van der Waals surface area (Å²) in [5.41, 5.74) is 1.27. The summed E-state index contributed by atoms with van der Waals surface area (Å²) in [6.07, 6.45) is 2.14. The zero-order valence-corrected chi connectivity index (χ0v) is 10.6. The number of rotatable bonds is 7. The van der Waals surface area contributed by atoms with Crippen LogP contribution in [0, 0.1) is 0 Å². The van der Waals surface area contributed by atoms with E-state index in [9.17, 15) is 0 Å². The van der Waals surface area contributed by atoms with Crippen LogP contribution in [0.2, 0.25) is 0 Å². The van der Waals surface area contributed by atoms with Gasteiger partial charge in [-0.3, -0.25) is 0 Å². The maximum Gasteiger partial charge on any atom is 0.107 e. The van der Waals surface area contributed by atoms with Crippen LogP contribution in [0.3, 0.4) is 0 Å². The summed E-state index contributed by atoms with van der Waals surface area (Å²) in [6, 6.07) is 0. The third-order valence-electron chi connectivity index (χ3n) is 2.24. The minimum atomic E-state index is 0.757. The van der Waals surface area contributed by atoms with Crippen molar-refractivity contribution in [2.75, 3.05) is 20.3 Å². The second kappa shape index (κ2) is 6.93. The van der Waals surface area contributed by atoms with Crippen molar-refractivity contribution in [2.24, 2.45) is 0 Å². The molecule has 0 unspecified atom stereocenters. The van der Waals surface area contributed by atoms with Gasteiger partial charge in [-0.25, -0.2) is 4.98 Å². The van der Waals surface area contributed by atoms with E-state index < -0.39 is 0 Å². The molecule has 1 aromatic rings. The molecule has 0 atom stereocenters.